The molecule has 0 saturated heterocycles. The molecule has 0 aliphatic rings. The van der Waals surface area contributed by atoms with E-state index in [1.807, 2.05) is 81.4 Å². The van der Waals surface area contributed by atoms with Crippen molar-refractivity contribution in [3.8, 4) is 11.5 Å². The Hall–Kier alpha value is -4.00. The summed E-state index contributed by atoms with van der Waals surface area (Å²) in [5, 5.41) is 9.04. The summed E-state index contributed by atoms with van der Waals surface area (Å²) in [5.41, 5.74) is 4.31. The van der Waals surface area contributed by atoms with Gasteiger partial charge in [0.2, 0.25) is 5.91 Å². The molecule has 0 heterocycles. The van der Waals surface area contributed by atoms with Crippen LogP contribution in [0.5, 0.6) is 11.5 Å². The summed E-state index contributed by atoms with van der Waals surface area (Å²) in [6, 6.07) is 20.6. The molecule has 0 radical (unpaired) electrons. The number of methoxy groups -OCH3 is 1. The summed E-state index contributed by atoms with van der Waals surface area (Å²) in [5.74, 6) is 0.702. The van der Waals surface area contributed by atoms with E-state index in [0.29, 0.717) is 23.7 Å². The third-order valence-corrected chi connectivity index (χ3v) is 5.12. The molecule has 3 N–H and O–H groups in total. The van der Waals surface area contributed by atoms with Crippen molar-refractivity contribution in [3.63, 3.8) is 0 Å². The Labute approximate surface area is 200 Å². The fourth-order valence-corrected chi connectivity index (χ4v) is 3.15. The van der Waals surface area contributed by atoms with Gasteiger partial charge in [-0.15, -0.1) is 0 Å². The first kappa shape index (κ1) is 24.6. The molecule has 2 amide bonds. The van der Waals surface area contributed by atoms with Crippen LogP contribution in [0.15, 0.2) is 66.7 Å². The molecule has 3 aromatic rings. The van der Waals surface area contributed by atoms with E-state index in [1.54, 1.807) is 13.2 Å². The second-order valence-electron chi connectivity index (χ2n) is 8.23. The standard InChI is InChI=1S/C27H31N3O4/c1-18(2)27(32)30-23-14-12-21(13-15-23)28-16-20-6-5-7-24(33-4)26(20)34-17-25(31)29-22-10-8-19(3)9-11-22/h5-15,18,28H,16-17H2,1-4H3,(H,29,31)(H,30,32). The molecule has 0 unspecified atom stereocenters. The normalized spacial score (nSPS) is 10.5. The predicted octanol–water partition coefficient (Wildman–Crippen LogP) is 5.23. The number of aryl methyl sites for hydroxylation is 1. The Morgan fingerprint density at radius 2 is 1.47 bits per heavy atom. The Bertz CT molecular complexity index is 1110. The summed E-state index contributed by atoms with van der Waals surface area (Å²) >= 11 is 0. The highest BCUT2D eigenvalue weighted by Crippen LogP contribution is 2.32. The maximum Gasteiger partial charge on any atom is 0.262 e. The van der Waals surface area contributed by atoms with E-state index < -0.39 is 0 Å². The van der Waals surface area contributed by atoms with E-state index in [0.717, 1.165) is 22.5 Å². The smallest absolute Gasteiger partial charge is 0.262 e. The van der Waals surface area contributed by atoms with E-state index >= 15 is 0 Å². The molecule has 3 aromatic carbocycles. The van der Waals surface area contributed by atoms with Crippen LogP contribution in [0, 0.1) is 12.8 Å². The number of carbonyl (C=O) groups is 2. The third kappa shape index (κ3) is 7.00. The number of carbonyl (C=O) groups excluding carboxylic acids is 2. The second-order valence-corrected chi connectivity index (χ2v) is 8.23. The number of hydrogen-bond donors (Lipinski definition) is 3. The number of anilines is 3. The van der Waals surface area contributed by atoms with Crippen LogP contribution in [0.2, 0.25) is 0 Å². The molecule has 0 saturated carbocycles. The van der Waals surface area contributed by atoms with Crippen molar-refractivity contribution in [2.75, 3.05) is 29.7 Å². The van der Waals surface area contributed by atoms with Gasteiger partial charge in [-0.25, -0.2) is 0 Å². The second kappa shape index (κ2) is 11.7. The molecule has 3 rings (SSSR count). The molecule has 7 nitrogen and oxygen atoms in total. The molecular formula is C27H31N3O4. The number of hydrogen-bond acceptors (Lipinski definition) is 5. The van der Waals surface area contributed by atoms with E-state index in [4.69, 9.17) is 9.47 Å². The maximum absolute atomic E-state index is 12.4. The van der Waals surface area contributed by atoms with Crippen LogP contribution in [0.25, 0.3) is 0 Å². The van der Waals surface area contributed by atoms with Crippen molar-refractivity contribution < 1.29 is 19.1 Å². The zero-order valence-electron chi connectivity index (χ0n) is 20.0. The van der Waals surface area contributed by atoms with Crippen molar-refractivity contribution in [2.24, 2.45) is 5.92 Å². The lowest BCUT2D eigenvalue weighted by atomic mass is 10.1. The first-order chi connectivity index (χ1) is 16.4. The molecule has 0 aliphatic heterocycles. The molecule has 0 aliphatic carbocycles. The first-order valence-electron chi connectivity index (χ1n) is 11.2. The lowest BCUT2D eigenvalue weighted by Gasteiger charge is -2.16. The van der Waals surface area contributed by atoms with Crippen molar-refractivity contribution in [1.29, 1.82) is 0 Å². The maximum atomic E-state index is 12.4. The van der Waals surface area contributed by atoms with Gasteiger partial charge in [0.1, 0.15) is 0 Å². The Balaban J connectivity index is 1.62. The van der Waals surface area contributed by atoms with Crippen LogP contribution < -0.4 is 25.4 Å². The average Bonchev–Trinajstić information content (AvgIpc) is 2.83. The predicted molar refractivity (Wildman–Crippen MR) is 136 cm³/mol. The van der Waals surface area contributed by atoms with Gasteiger partial charge >= 0.3 is 0 Å². The highest BCUT2D eigenvalue weighted by molar-refractivity contribution is 5.92. The van der Waals surface area contributed by atoms with Crippen LogP contribution in [0.3, 0.4) is 0 Å². The van der Waals surface area contributed by atoms with Crippen molar-refractivity contribution in [2.45, 2.75) is 27.3 Å². The van der Waals surface area contributed by atoms with E-state index in [-0.39, 0.29) is 24.3 Å². The monoisotopic (exact) mass is 461 g/mol. The number of amides is 2. The molecule has 0 fully saturated rings. The number of ether oxygens (including phenoxy) is 2. The fourth-order valence-electron chi connectivity index (χ4n) is 3.15. The summed E-state index contributed by atoms with van der Waals surface area (Å²) in [6.45, 7) is 6.01. The van der Waals surface area contributed by atoms with Crippen molar-refractivity contribution in [1.82, 2.24) is 0 Å². The lowest BCUT2D eigenvalue weighted by Crippen LogP contribution is -2.21. The van der Waals surface area contributed by atoms with Crippen LogP contribution in [0.1, 0.15) is 25.0 Å². The number of nitrogens with one attached hydrogen (secondary N) is 3. The molecule has 7 heteroatoms. The van der Waals surface area contributed by atoms with E-state index in [9.17, 15) is 9.59 Å². The largest absolute Gasteiger partial charge is 0.493 e. The molecule has 34 heavy (non-hydrogen) atoms. The first-order valence-corrected chi connectivity index (χ1v) is 11.2. The van der Waals surface area contributed by atoms with Gasteiger partial charge in [-0.1, -0.05) is 43.7 Å². The van der Waals surface area contributed by atoms with Gasteiger partial charge in [0.15, 0.2) is 18.1 Å². The highest BCUT2D eigenvalue weighted by atomic mass is 16.5. The summed E-state index contributed by atoms with van der Waals surface area (Å²) < 4.78 is 11.3. The van der Waals surface area contributed by atoms with Gasteiger partial charge in [0.25, 0.3) is 5.91 Å². The van der Waals surface area contributed by atoms with Crippen LogP contribution in [0.4, 0.5) is 17.1 Å². The zero-order valence-corrected chi connectivity index (χ0v) is 20.0. The van der Waals surface area contributed by atoms with Gasteiger partial charge in [-0.05, 0) is 49.4 Å². The van der Waals surface area contributed by atoms with Gasteiger partial charge in [0.05, 0.1) is 7.11 Å². The minimum atomic E-state index is -0.257. The van der Waals surface area contributed by atoms with Gasteiger partial charge < -0.3 is 25.4 Å². The number of para-hydroxylation sites is 1. The minimum absolute atomic E-state index is 0.0229. The molecule has 178 valence electrons. The van der Waals surface area contributed by atoms with Gasteiger partial charge in [0, 0.05) is 35.1 Å². The fraction of sp³-hybridized carbons (Fsp3) is 0.259. The van der Waals surface area contributed by atoms with Crippen LogP contribution in [-0.2, 0) is 16.1 Å². The summed E-state index contributed by atoms with van der Waals surface area (Å²) in [4.78, 5) is 24.2. The van der Waals surface area contributed by atoms with Crippen LogP contribution >= 0.6 is 0 Å². The highest BCUT2D eigenvalue weighted by Gasteiger charge is 2.13. The molecule has 0 spiro atoms. The molecule has 0 atom stereocenters. The third-order valence-electron chi connectivity index (χ3n) is 5.12. The summed E-state index contributed by atoms with van der Waals surface area (Å²) in [6.07, 6.45) is 0. The van der Waals surface area contributed by atoms with Crippen molar-refractivity contribution >= 4 is 28.9 Å². The Kier molecular flexibility index (Phi) is 8.51. The molecule has 0 bridgehead atoms. The van der Waals surface area contributed by atoms with Crippen molar-refractivity contribution in [3.05, 3.63) is 77.9 Å². The quantitative estimate of drug-likeness (QED) is 0.385. The average molecular weight is 462 g/mol. The molecule has 0 aromatic heterocycles. The topological polar surface area (TPSA) is 88.7 Å². The molecular weight excluding hydrogens is 430 g/mol. The van der Waals surface area contributed by atoms with E-state index in [2.05, 4.69) is 16.0 Å². The Morgan fingerprint density at radius 3 is 2.12 bits per heavy atom. The Morgan fingerprint density at radius 1 is 0.853 bits per heavy atom. The van der Waals surface area contributed by atoms with E-state index in [1.165, 1.54) is 0 Å². The van der Waals surface area contributed by atoms with Crippen LogP contribution in [-0.4, -0.2) is 25.5 Å². The van der Waals surface area contributed by atoms with Gasteiger partial charge in [-0.3, -0.25) is 9.59 Å². The zero-order chi connectivity index (χ0) is 24.5. The number of benzene rings is 3. The summed E-state index contributed by atoms with van der Waals surface area (Å²) in [7, 11) is 1.57. The lowest BCUT2D eigenvalue weighted by molar-refractivity contribution is -0.119. The minimum Gasteiger partial charge on any atom is -0.493 e. The van der Waals surface area contributed by atoms with Gasteiger partial charge in [-0.2, -0.15) is 0 Å². The SMILES string of the molecule is COc1cccc(CNc2ccc(NC(=O)C(C)C)cc2)c1OCC(=O)Nc1ccc(C)cc1. The number of rotatable bonds is 10.